The van der Waals surface area contributed by atoms with Crippen LogP contribution in [-0.4, -0.2) is 32.4 Å². The molecule has 0 atom stereocenters. The number of thiazole rings is 1. The third kappa shape index (κ3) is 3.40. The first-order chi connectivity index (χ1) is 13.0. The molecule has 3 aromatic rings. The molecule has 0 saturated heterocycles. The molecule has 1 aromatic carbocycles. The van der Waals surface area contributed by atoms with Gasteiger partial charge in [0.2, 0.25) is 6.79 Å². The number of carbonyl (C=O) groups excluding carboxylic acids is 1. The van der Waals surface area contributed by atoms with Gasteiger partial charge in [-0.3, -0.25) is 9.48 Å². The van der Waals surface area contributed by atoms with Gasteiger partial charge in [-0.2, -0.15) is 5.10 Å². The fourth-order valence-electron chi connectivity index (χ4n) is 3.14. The Morgan fingerprint density at radius 1 is 1.26 bits per heavy atom. The second kappa shape index (κ2) is 7.03. The van der Waals surface area contributed by atoms with Crippen LogP contribution in [0.15, 0.2) is 29.8 Å². The molecule has 8 heteroatoms. The summed E-state index contributed by atoms with van der Waals surface area (Å²) in [7, 11) is 1.91. The highest BCUT2D eigenvalue weighted by molar-refractivity contribution is 7.09. The van der Waals surface area contributed by atoms with Crippen molar-refractivity contribution in [1.29, 1.82) is 0 Å². The largest absolute Gasteiger partial charge is 0.454 e. The van der Waals surface area contributed by atoms with Gasteiger partial charge < -0.3 is 14.4 Å². The lowest BCUT2D eigenvalue weighted by Gasteiger charge is -2.22. The topological polar surface area (TPSA) is 69.5 Å². The molecule has 1 amide bonds. The third-order valence-electron chi connectivity index (χ3n) is 4.72. The van der Waals surface area contributed by atoms with Crippen molar-refractivity contribution in [2.75, 3.05) is 6.79 Å². The fraction of sp³-hybridized carbons (Fsp3) is 0.316. The van der Waals surface area contributed by atoms with Gasteiger partial charge in [0.15, 0.2) is 11.5 Å². The zero-order chi connectivity index (χ0) is 19.0. The number of carbonyl (C=O) groups is 1. The predicted octanol–water partition coefficient (Wildman–Crippen LogP) is 3.06. The number of nitrogens with zero attached hydrogens (tertiary/aromatic N) is 4. The molecule has 0 unspecified atom stereocenters. The van der Waals surface area contributed by atoms with Crippen LogP contribution >= 0.6 is 11.3 Å². The Labute approximate surface area is 161 Å². The lowest BCUT2D eigenvalue weighted by molar-refractivity contribution is 0.0729. The number of rotatable bonds is 5. The Morgan fingerprint density at radius 2 is 2.07 bits per heavy atom. The van der Waals surface area contributed by atoms with Gasteiger partial charge in [0.25, 0.3) is 5.91 Å². The van der Waals surface area contributed by atoms with Crippen molar-refractivity contribution < 1.29 is 14.3 Å². The monoisotopic (exact) mass is 384 g/mol. The molecule has 2 aromatic heterocycles. The minimum Gasteiger partial charge on any atom is -0.454 e. The summed E-state index contributed by atoms with van der Waals surface area (Å²) in [5, 5.41) is 7.28. The molecule has 1 aliphatic rings. The minimum absolute atomic E-state index is 0.0776. The molecule has 7 nitrogen and oxygen atoms in total. The van der Waals surface area contributed by atoms with Crippen molar-refractivity contribution >= 4 is 17.2 Å². The van der Waals surface area contributed by atoms with Crippen molar-refractivity contribution in [2.45, 2.75) is 26.9 Å². The standard InChI is InChI=1S/C19H20N4O3S/c1-12-15(13(2)22(3)21-12)9-23(10-18-20-6-7-27-18)19(24)14-4-5-16-17(8-14)26-11-25-16/h4-8H,9-11H2,1-3H3. The first-order valence-electron chi connectivity index (χ1n) is 8.59. The maximum absolute atomic E-state index is 13.3. The summed E-state index contributed by atoms with van der Waals surface area (Å²) >= 11 is 1.54. The van der Waals surface area contributed by atoms with E-state index in [0.29, 0.717) is 30.2 Å². The Kier molecular flexibility index (Phi) is 4.57. The van der Waals surface area contributed by atoms with Crippen LogP contribution in [0, 0.1) is 13.8 Å². The Balaban J connectivity index is 1.65. The van der Waals surface area contributed by atoms with Crippen LogP contribution in [0.2, 0.25) is 0 Å². The van der Waals surface area contributed by atoms with E-state index in [9.17, 15) is 4.79 Å². The van der Waals surface area contributed by atoms with Crippen molar-refractivity contribution in [3.05, 3.63) is 57.3 Å². The van der Waals surface area contributed by atoms with Crippen molar-refractivity contribution in [3.8, 4) is 11.5 Å². The normalized spacial score (nSPS) is 12.4. The molecule has 4 rings (SSSR count). The summed E-state index contributed by atoms with van der Waals surface area (Å²) in [4.78, 5) is 19.4. The molecule has 27 heavy (non-hydrogen) atoms. The van der Waals surface area contributed by atoms with Crippen molar-refractivity contribution in [3.63, 3.8) is 0 Å². The van der Waals surface area contributed by atoms with Gasteiger partial charge in [-0.1, -0.05) is 0 Å². The van der Waals surface area contributed by atoms with Gasteiger partial charge in [-0.25, -0.2) is 4.98 Å². The smallest absolute Gasteiger partial charge is 0.254 e. The van der Waals surface area contributed by atoms with Gasteiger partial charge in [0.1, 0.15) is 5.01 Å². The lowest BCUT2D eigenvalue weighted by Crippen LogP contribution is -2.30. The first-order valence-corrected chi connectivity index (χ1v) is 9.47. The predicted molar refractivity (Wildman–Crippen MR) is 101 cm³/mol. The number of fused-ring (bicyclic) bond motifs is 1. The minimum atomic E-state index is -0.0776. The van der Waals surface area contributed by atoms with E-state index in [-0.39, 0.29) is 12.7 Å². The van der Waals surface area contributed by atoms with Crippen LogP contribution in [0.25, 0.3) is 0 Å². The molecular formula is C19H20N4O3S. The van der Waals surface area contributed by atoms with Gasteiger partial charge in [-0.05, 0) is 32.0 Å². The highest BCUT2D eigenvalue weighted by Crippen LogP contribution is 2.33. The van der Waals surface area contributed by atoms with E-state index in [1.54, 1.807) is 29.3 Å². The molecule has 0 fully saturated rings. The van der Waals surface area contributed by atoms with Gasteiger partial charge in [0.05, 0.1) is 18.8 Å². The van der Waals surface area contributed by atoms with E-state index in [1.165, 1.54) is 11.3 Å². The zero-order valence-corrected chi connectivity index (χ0v) is 16.2. The molecule has 0 spiro atoms. The Hall–Kier alpha value is -2.87. The molecule has 0 bridgehead atoms. The van der Waals surface area contributed by atoms with Crippen LogP contribution in [0.1, 0.15) is 32.3 Å². The number of hydrogen-bond donors (Lipinski definition) is 0. The summed E-state index contributed by atoms with van der Waals surface area (Å²) in [5.74, 6) is 1.19. The number of hydrogen-bond acceptors (Lipinski definition) is 6. The van der Waals surface area contributed by atoms with Gasteiger partial charge >= 0.3 is 0 Å². The second-order valence-corrected chi connectivity index (χ2v) is 7.41. The summed E-state index contributed by atoms with van der Waals surface area (Å²) in [6, 6.07) is 5.29. The molecule has 140 valence electrons. The van der Waals surface area contributed by atoms with Crippen molar-refractivity contribution in [1.82, 2.24) is 19.7 Å². The summed E-state index contributed by atoms with van der Waals surface area (Å²) in [6.07, 6.45) is 1.75. The van der Waals surface area contributed by atoms with Gasteiger partial charge in [0, 0.05) is 35.4 Å². The van der Waals surface area contributed by atoms with Gasteiger partial charge in [-0.15, -0.1) is 11.3 Å². The first kappa shape index (κ1) is 17.5. The van der Waals surface area contributed by atoms with E-state index < -0.39 is 0 Å². The molecule has 0 radical (unpaired) electrons. The average Bonchev–Trinajstić information content (AvgIpc) is 3.38. The van der Waals surface area contributed by atoms with Crippen molar-refractivity contribution in [2.24, 2.45) is 7.05 Å². The maximum Gasteiger partial charge on any atom is 0.254 e. The molecular weight excluding hydrogens is 364 g/mol. The molecule has 0 N–H and O–H groups in total. The van der Waals surface area contributed by atoms with Crippen LogP contribution < -0.4 is 9.47 Å². The highest BCUT2D eigenvalue weighted by atomic mass is 32.1. The number of amides is 1. The molecule has 0 saturated carbocycles. The maximum atomic E-state index is 13.3. The van der Waals surface area contributed by atoms with E-state index in [1.807, 2.05) is 31.0 Å². The van der Waals surface area contributed by atoms with E-state index in [2.05, 4.69) is 10.1 Å². The zero-order valence-electron chi connectivity index (χ0n) is 15.4. The Bertz CT molecular complexity index is 981. The summed E-state index contributed by atoms with van der Waals surface area (Å²) in [5.41, 5.74) is 3.60. The van der Waals surface area contributed by atoms with Crippen LogP contribution in [0.4, 0.5) is 0 Å². The second-order valence-electron chi connectivity index (χ2n) is 6.43. The quantitative estimate of drug-likeness (QED) is 0.676. The molecule has 1 aliphatic heterocycles. The molecule has 3 heterocycles. The number of ether oxygens (including phenoxy) is 2. The fourth-order valence-corrected chi connectivity index (χ4v) is 3.77. The summed E-state index contributed by atoms with van der Waals surface area (Å²) in [6.45, 7) is 5.08. The van der Waals surface area contributed by atoms with Crippen LogP contribution in [0.5, 0.6) is 11.5 Å². The summed E-state index contributed by atoms with van der Waals surface area (Å²) < 4.78 is 12.6. The van der Waals surface area contributed by atoms with Crippen LogP contribution in [-0.2, 0) is 20.1 Å². The van der Waals surface area contributed by atoms with E-state index in [4.69, 9.17) is 9.47 Å². The number of benzene rings is 1. The molecule has 0 aliphatic carbocycles. The Morgan fingerprint density at radius 3 is 2.78 bits per heavy atom. The SMILES string of the molecule is Cc1nn(C)c(C)c1CN(Cc1nccs1)C(=O)c1ccc2c(c1)OCO2. The lowest BCUT2D eigenvalue weighted by atomic mass is 10.1. The number of aryl methyl sites for hydroxylation is 2. The third-order valence-corrected chi connectivity index (χ3v) is 5.49. The highest BCUT2D eigenvalue weighted by Gasteiger charge is 2.23. The average molecular weight is 384 g/mol. The van der Waals surface area contributed by atoms with E-state index in [0.717, 1.165) is 22.0 Å². The van der Waals surface area contributed by atoms with E-state index >= 15 is 0 Å². The van der Waals surface area contributed by atoms with Crippen LogP contribution in [0.3, 0.4) is 0 Å². The number of aromatic nitrogens is 3.